The zero-order valence-corrected chi connectivity index (χ0v) is 12.4. The molecule has 21 heavy (non-hydrogen) atoms. The van der Waals surface area contributed by atoms with Crippen molar-refractivity contribution in [2.75, 3.05) is 0 Å². The van der Waals surface area contributed by atoms with Crippen LogP contribution in [0.4, 0.5) is 0 Å². The lowest BCUT2D eigenvalue weighted by molar-refractivity contribution is -0.221. The fraction of sp³-hybridized carbons (Fsp3) is 0.769. The van der Waals surface area contributed by atoms with E-state index >= 15 is 0 Å². The predicted molar refractivity (Wildman–Crippen MR) is 69.0 cm³/mol. The van der Waals surface area contributed by atoms with E-state index in [2.05, 4.69) is 10.3 Å². The number of carbonyl (C=O) groups excluding carboxylic acids is 1. The first kappa shape index (κ1) is 14.4. The van der Waals surface area contributed by atoms with Crippen molar-refractivity contribution in [2.45, 2.75) is 64.1 Å². The van der Waals surface area contributed by atoms with Crippen molar-refractivity contribution >= 4 is 5.97 Å². The molecule has 2 saturated heterocycles. The summed E-state index contributed by atoms with van der Waals surface area (Å²) < 4.78 is 24.5. The van der Waals surface area contributed by atoms with Crippen molar-refractivity contribution < 1.29 is 23.7 Å². The highest BCUT2D eigenvalue weighted by atomic mass is 16.8. The number of nitrogens with zero attached hydrogens (tertiary/aromatic N) is 3. The van der Waals surface area contributed by atoms with Crippen molar-refractivity contribution in [3.63, 3.8) is 0 Å². The predicted octanol–water partition coefficient (Wildman–Crippen LogP) is 0.647. The van der Waals surface area contributed by atoms with Crippen LogP contribution in [0, 0.1) is 0 Å². The van der Waals surface area contributed by atoms with Crippen molar-refractivity contribution in [2.24, 2.45) is 0 Å². The van der Waals surface area contributed by atoms with Gasteiger partial charge in [-0.25, -0.2) is 4.68 Å². The number of esters is 1. The molecular weight excluding hydrogens is 278 g/mol. The van der Waals surface area contributed by atoms with E-state index in [1.54, 1.807) is 24.0 Å². The van der Waals surface area contributed by atoms with Crippen LogP contribution in [-0.4, -0.2) is 51.4 Å². The van der Waals surface area contributed by atoms with E-state index in [4.69, 9.17) is 18.9 Å². The third-order valence-electron chi connectivity index (χ3n) is 3.61. The van der Waals surface area contributed by atoms with E-state index in [1.807, 2.05) is 13.8 Å². The molecule has 2 fully saturated rings. The molecule has 0 aliphatic carbocycles. The molecule has 116 valence electrons. The monoisotopic (exact) mass is 297 g/mol. The molecule has 2 aliphatic heterocycles. The quantitative estimate of drug-likeness (QED) is 0.757. The molecule has 8 heteroatoms. The molecule has 8 nitrogen and oxygen atoms in total. The molecule has 3 rings (SSSR count). The number of ether oxygens (including phenoxy) is 4. The van der Waals surface area contributed by atoms with Crippen LogP contribution in [-0.2, 0) is 23.7 Å². The molecular formula is C13H19N3O5. The van der Waals surface area contributed by atoms with Gasteiger partial charge >= 0.3 is 5.97 Å². The Balaban J connectivity index is 1.86. The van der Waals surface area contributed by atoms with Crippen LogP contribution >= 0.6 is 0 Å². The molecule has 0 saturated carbocycles. The molecule has 0 bridgehead atoms. The first-order valence-corrected chi connectivity index (χ1v) is 6.91. The second-order valence-electron chi connectivity index (χ2n) is 5.76. The first-order valence-electron chi connectivity index (χ1n) is 6.91. The van der Waals surface area contributed by atoms with E-state index in [0.717, 1.165) is 0 Å². The normalized spacial score (nSPS) is 35.4. The van der Waals surface area contributed by atoms with Gasteiger partial charge in [-0.1, -0.05) is 5.21 Å². The Labute approximate surface area is 122 Å². The number of hydrogen-bond acceptors (Lipinski definition) is 7. The Morgan fingerprint density at radius 3 is 2.81 bits per heavy atom. The Bertz CT molecular complexity index is 518. The van der Waals surface area contributed by atoms with Crippen LogP contribution in [0.2, 0.25) is 0 Å². The minimum absolute atomic E-state index is 0.270. The van der Waals surface area contributed by atoms with Crippen molar-refractivity contribution in [1.29, 1.82) is 0 Å². The lowest BCUT2D eigenvalue weighted by Crippen LogP contribution is -2.39. The van der Waals surface area contributed by atoms with Crippen LogP contribution in [0.5, 0.6) is 0 Å². The van der Waals surface area contributed by atoms with E-state index in [9.17, 15) is 4.79 Å². The Morgan fingerprint density at radius 2 is 2.19 bits per heavy atom. The van der Waals surface area contributed by atoms with E-state index in [0.29, 0.717) is 0 Å². The first-order chi connectivity index (χ1) is 9.87. The molecule has 1 aromatic rings. The molecule has 0 N–H and O–H groups in total. The van der Waals surface area contributed by atoms with Crippen LogP contribution < -0.4 is 0 Å². The summed E-state index contributed by atoms with van der Waals surface area (Å²) in [5.74, 6) is -1.08. The maximum atomic E-state index is 11.2. The van der Waals surface area contributed by atoms with Crippen molar-refractivity contribution in [3.8, 4) is 0 Å². The van der Waals surface area contributed by atoms with Crippen molar-refractivity contribution in [1.82, 2.24) is 15.0 Å². The Kier molecular flexibility index (Phi) is 3.46. The zero-order valence-electron chi connectivity index (χ0n) is 12.4. The summed E-state index contributed by atoms with van der Waals surface area (Å²) in [4.78, 5) is 11.2. The average molecular weight is 297 g/mol. The van der Waals surface area contributed by atoms with E-state index < -0.39 is 24.3 Å². The number of aromatic nitrogens is 3. The highest BCUT2D eigenvalue weighted by molar-refractivity contribution is 5.66. The molecule has 5 atom stereocenters. The van der Waals surface area contributed by atoms with Crippen LogP contribution in [0.3, 0.4) is 0 Å². The largest absolute Gasteiger partial charge is 0.460 e. The lowest BCUT2D eigenvalue weighted by atomic mass is 10.0. The highest BCUT2D eigenvalue weighted by Gasteiger charge is 2.57. The topological polar surface area (TPSA) is 84.7 Å². The van der Waals surface area contributed by atoms with Crippen LogP contribution in [0.25, 0.3) is 0 Å². The number of fused-ring (bicyclic) bond motifs is 1. The summed E-state index contributed by atoms with van der Waals surface area (Å²) in [5, 5.41) is 7.85. The minimum Gasteiger partial charge on any atom is -0.460 e. The van der Waals surface area contributed by atoms with Gasteiger partial charge in [0.2, 0.25) is 0 Å². The van der Waals surface area contributed by atoms with Gasteiger partial charge in [-0.05, 0) is 20.8 Å². The van der Waals surface area contributed by atoms with Gasteiger partial charge in [0, 0.05) is 13.1 Å². The van der Waals surface area contributed by atoms with Crippen LogP contribution in [0.15, 0.2) is 12.4 Å². The molecule has 0 aromatic carbocycles. The maximum Gasteiger partial charge on any atom is 0.302 e. The van der Waals surface area contributed by atoms with Gasteiger partial charge in [-0.3, -0.25) is 4.79 Å². The SMILES string of the molecule is CC(=O)O[C@H](C)[C@H]1O[C@@H]2OC(C)(C)O[C@@H]2[C@H]1n1ccnn1. The van der Waals surface area contributed by atoms with E-state index in [1.165, 1.54) is 6.92 Å². The molecule has 2 aliphatic rings. The van der Waals surface area contributed by atoms with Gasteiger partial charge in [0.25, 0.3) is 0 Å². The van der Waals surface area contributed by atoms with Crippen molar-refractivity contribution in [3.05, 3.63) is 12.4 Å². The summed E-state index contributed by atoms with van der Waals surface area (Å²) in [6.07, 6.45) is 1.61. The summed E-state index contributed by atoms with van der Waals surface area (Å²) in [6.45, 7) is 6.81. The third kappa shape index (κ3) is 2.66. The fourth-order valence-electron chi connectivity index (χ4n) is 2.91. The molecule has 0 amide bonds. The molecule has 1 aromatic heterocycles. The second kappa shape index (κ2) is 5.04. The molecule has 3 heterocycles. The lowest BCUT2D eigenvalue weighted by Gasteiger charge is -2.28. The van der Waals surface area contributed by atoms with Gasteiger partial charge in [-0.15, -0.1) is 5.10 Å². The standard InChI is InChI=1S/C13H19N3O5/c1-7(18-8(2)17)10-9(16-6-5-14-15-16)11-12(19-10)21-13(3,4)20-11/h5-7,9-12H,1-4H3/t7-,9+,10-,11-,12-/m1/s1. The summed E-state index contributed by atoms with van der Waals surface area (Å²) in [7, 11) is 0. The Morgan fingerprint density at radius 1 is 1.43 bits per heavy atom. The Hall–Kier alpha value is -1.51. The number of hydrogen-bond donors (Lipinski definition) is 0. The van der Waals surface area contributed by atoms with Gasteiger partial charge in [0.1, 0.15) is 24.4 Å². The molecule has 0 radical (unpaired) electrons. The fourth-order valence-corrected chi connectivity index (χ4v) is 2.91. The maximum absolute atomic E-state index is 11.2. The summed E-state index contributed by atoms with van der Waals surface area (Å²) >= 11 is 0. The number of carbonyl (C=O) groups is 1. The van der Waals surface area contributed by atoms with Gasteiger partial charge in [0.15, 0.2) is 12.1 Å². The zero-order chi connectivity index (χ0) is 15.2. The van der Waals surface area contributed by atoms with E-state index in [-0.39, 0.29) is 18.1 Å². The highest BCUT2D eigenvalue weighted by Crippen LogP contribution is 2.44. The van der Waals surface area contributed by atoms with Gasteiger partial charge < -0.3 is 18.9 Å². The van der Waals surface area contributed by atoms with Gasteiger partial charge in [-0.2, -0.15) is 0 Å². The third-order valence-corrected chi connectivity index (χ3v) is 3.61. The molecule has 0 unspecified atom stereocenters. The minimum atomic E-state index is -0.718. The summed E-state index contributed by atoms with van der Waals surface area (Å²) in [5.41, 5.74) is 0. The molecule has 0 spiro atoms. The number of rotatable bonds is 3. The second-order valence-corrected chi connectivity index (χ2v) is 5.76. The smallest absolute Gasteiger partial charge is 0.302 e. The van der Waals surface area contributed by atoms with Crippen LogP contribution in [0.1, 0.15) is 33.7 Å². The summed E-state index contributed by atoms with van der Waals surface area (Å²) in [6, 6.07) is -0.270. The van der Waals surface area contributed by atoms with Gasteiger partial charge in [0.05, 0.1) is 6.20 Å². The average Bonchev–Trinajstić information content (AvgIpc) is 3.00.